The van der Waals surface area contributed by atoms with Crippen LogP contribution in [0.3, 0.4) is 0 Å². The number of aryl methyl sites for hydroxylation is 1. The van der Waals surface area contributed by atoms with Crippen molar-refractivity contribution in [3.05, 3.63) is 40.3 Å². The van der Waals surface area contributed by atoms with Gasteiger partial charge in [0.15, 0.2) is 0 Å². The van der Waals surface area contributed by atoms with Crippen molar-refractivity contribution in [2.75, 3.05) is 37.9 Å². The zero-order valence-corrected chi connectivity index (χ0v) is 17.4. The van der Waals surface area contributed by atoms with Crippen molar-refractivity contribution in [2.24, 2.45) is 0 Å². The second kappa shape index (κ2) is 9.54. The van der Waals surface area contributed by atoms with Crippen LogP contribution in [0.2, 0.25) is 0 Å². The van der Waals surface area contributed by atoms with E-state index in [0.717, 1.165) is 30.6 Å². The van der Waals surface area contributed by atoms with Crippen LogP contribution in [0.4, 0.5) is 10.7 Å². The molecule has 152 valence electrons. The Morgan fingerprint density at radius 2 is 1.97 bits per heavy atom. The number of hydrogen-bond acceptors (Lipinski definition) is 6. The first-order valence-corrected chi connectivity index (χ1v) is 10.3. The fourth-order valence-corrected chi connectivity index (χ4v) is 4.55. The molecule has 2 aromatic rings. The Balaban J connectivity index is 1.44. The molecule has 8 heteroatoms. The van der Waals surface area contributed by atoms with Crippen molar-refractivity contribution in [2.45, 2.75) is 25.7 Å². The molecule has 0 saturated carbocycles. The molecule has 1 aliphatic rings. The minimum atomic E-state index is -0.153. The summed E-state index contributed by atoms with van der Waals surface area (Å²) in [5, 5.41) is 15.7. The third-order valence-electron chi connectivity index (χ3n) is 4.79. The van der Waals surface area contributed by atoms with Gasteiger partial charge in [0.2, 0.25) is 11.8 Å². The predicted molar refractivity (Wildman–Crippen MR) is 113 cm³/mol. The number of anilines is 2. The van der Waals surface area contributed by atoms with Gasteiger partial charge in [0.1, 0.15) is 16.8 Å². The highest BCUT2D eigenvalue weighted by molar-refractivity contribution is 7.16. The summed E-state index contributed by atoms with van der Waals surface area (Å²) in [7, 11) is 3.38. The molecule has 1 aliphatic carbocycles. The van der Waals surface area contributed by atoms with Crippen molar-refractivity contribution in [3.8, 4) is 11.8 Å². The van der Waals surface area contributed by atoms with Gasteiger partial charge in [0, 0.05) is 23.5 Å². The maximum absolute atomic E-state index is 12.3. The lowest BCUT2D eigenvalue weighted by molar-refractivity contribution is -0.119. The summed E-state index contributed by atoms with van der Waals surface area (Å²) < 4.78 is 5.09. The number of methoxy groups -OCH3 is 1. The van der Waals surface area contributed by atoms with Crippen molar-refractivity contribution >= 4 is 33.8 Å². The van der Waals surface area contributed by atoms with E-state index in [9.17, 15) is 14.9 Å². The number of nitrogens with one attached hydrogen (secondary N) is 2. The molecule has 0 atom stereocenters. The quantitative estimate of drug-likeness (QED) is 0.695. The average molecular weight is 413 g/mol. The van der Waals surface area contributed by atoms with Gasteiger partial charge in [-0.2, -0.15) is 5.26 Å². The Kier molecular flexibility index (Phi) is 6.86. The van der Waals surface area contributed by atoms with Crippen LogP contribution in [-0.4, -0.2) is 44.0 Å². The molecule has 0 unspecified atom stereocenters. The number of nitriles is 1. The van der Waals surface area contributed by atoms with Gasteiger partial charge in [-0.15, -0.1) is 11.3 Å². The number of likely N-dealkylation sites (N-methyl/N-ethyl adjacent to an activating group) is 1. The highest BCUT2D eigenvalue weighted by Gasteiger charge is 2.23. The normalized spacial score (nSPS) is 12.3. The monoisotopic (exact) mass is 412 g/mol. The molecule has 0 bridgehead atoms. The molecule has 2 amide bonds. The summed E-state index contributed by atoms with van der Waals surface area (Å²) in [5.41, 5.74) is 2.40. The highest BCUT2D eigenvalue weighted by atomic mass is 32.1. The molecular weight excluding hydrogens is 388 g/mol. The Hall–Kier alpha value is -2.89. The number of ether oxygens (including phenoxy) is 1. The van der Waals surface area contributed by atoms with Gasteiger partial charge in [-0.3, -0.25) is 14.5 Å². The van der Waals surface area contributed by atoms with E-state index in [1.54, 1.807) is 43.3 Å². The Labute approximate surface area is 174 Å². The fourth-order valence-electron chi connectivity index (χ4n) is 3.29. The van der Waals surface area contributed by atoms with Gasteiger partial charge in [-0.05, 0) is 56.1 Å². The molecule has 1 aromatic carbocycles. The zero-order chi connectivity index (χ0) is 20.8. The standard InChI is InChI=1S/C21H24N4O3S/c1-25(13-20(27)23-14-6-8-15(28-2)9-7-14)11-10-19(26)24-21-17(12-22)16-4-3-5-18(16)29-21/h6-9H,3-5,10-11,13H2,1-2H3,(H,23,27)(H,24,26). The first-order chi connectivity index (χ1) is 14.0. The molecule has 1 aromatic heterocycles. The van der Waals surface area contributed by atoms with Crippen LogP contribution in [0.5, 0.6) is 5.75 Å². The SMILES string of the molecule is COc1ccc(NC(=O)CN(C)CCC(=O)Nc2sc3c(c2C#N)CCC3)cc1. The van der Waals surface area contributed by atoms with Crippen molar-refractivity contribution in [1.82, 2.24) is 4.90 Å². The number of thiophene rings is 1. The summed E-state index contributed by atoms with van der Waals surface area (Å²) in [6.45, 7) is 0.616. The number of hydrogen-bond donors (Lipinski definition) is 2. The summed E-state index contributed by atoms with van der Waals surface area (Å²) in [6, 6.07) is 9.33. The lowest BCUT2D eigenvalue weighted by atomic mass is 10.1. The maximum atomic E-state index is 12.3. The van der Waals surface area contributed by atoms with Crippen LogP contribution in [0.1, 0.15) is 28.8 Å². The van der Waals surface area contributed by atoms with E-state index in [-0.39, 0.29) is 24.8 Å². The molecule has 0 aliphatic heterocycles. The summed E-state index contributed by atoms with van der Waals surface area (Å²) in [6.07, 6.45) is 3.22. The molecule has 29 heavy (non-hydrogen) atoms. The maximum Gasteiger partial charge on any atom is 0.238 e. The fraction of sp³-hybridized carbons (Fsp3) is 0.381. The summed E-state index contributed by atoms with van der Waals surface area (Å²) >= 11 is 1.51. The number of amides is 2. The van der Waals surface area contributed by atoms with Crippen LogP contribution >= 0.6 is 11.3 Å². The van der Waals surface area contributed by atoms with Crippen LogP contribution in [0.15, 0.2) is 24.3 Å². The van der Waals surface area contributed by atoms with Crippen LogP contribution < -0.4 is 15.4 Å². The van der Waals surface area contributed by atoms with Crippen LogP contribution in [0, 0.1) is 11.3 Å². The number of benzene rings is 1. The van der Waals surface area contributed by atoms with E-state index in [1.165, 1.54) is 16.2 Å². The van der Waals surface area contributed by atoms with E-state index in [0.29, 0.717) is 22.8 Å². The second-order valence-corrected chi connectivity index (χ2v) is 8.09. The molecule has 0 fully saturated rings. The van der Waals surface area contributed by atoms with Gasteiger partial charge in [-0.25, -0.2) is 0 Å². The smallest absolute Gasteiger partial charge is 0.238 e. The third-order valence-corrected chi connectivity index (χ3v) is 6.00. The van der Waals surface area contributed by atoms with E-state index in [2.05, 4.69) is 16.7 Å². The van der Waals surface area contributed by atoms with Crippen LogP contribution in [0.25, 0.3) is 0 Å². The topological polar surface area (TPSA) is 94.5 Å². The Morgan fingerprint density at radius 3 is 2.66 bits per heavy atom. The minimum absolute atomic E-state index is 0.149. The molecule has 0 radical (unpaired) electrons. The van der Waals surface area contributed by atoms with Gasteiger partial charge in [-0.1, -0.05) is 0 Å². The minimum Gasteiger partial charge on any atom is -0.497 e. The number of fused-ring (bicyclic) bond motifs is 1. The van der Waals surface area contributed by atoms with Gasteiger partial charge >= 0.3 is 0 Å². The first-order valence-electron chi connectivity index (χ1n) is 9.47. The van der Waals surface area contributed by atoms with Crippen molar-refractivity contribution in [3.63, 3.8) is 0 Å². The van der Waals surface area contributed by atoms with E-state index in [1.807, 2.05) is 0 Å². The van der Waals surface area contributed by atoms with E-state index < -0.39 is 0 Å². The van der Waals surface area contributed by atoms with E-state index in [4.69, 9.17) is 4.74 Å². The zero-order valence-electron chi connectivity index (χ0n) is 16.6. The Morgan fingerprint density at radius 1 is 1.21 bits per heavy atom. The average Bonchev–Trinajstić information content (AvgIpc) is 3.27. The number of carbonyl (C=O) groups is 2. The van der Waals surface area contributed by atoms with Crippen LogP contribution in [-0.2, 0) is 22.4 Å². The van der Waals surface area contributed by atoms with Crippen molar-refractivity contribution < 1.29 is 14.3 Å². The third kappa shape index (κ3) is 5.34. The van der Waals surface area contributed by atoms with Crippen molar-refractivity contribution in [1.29, 1.82) is 5.26 Å². The van der Waals surface area contributed by atoms with Gasteiger partial charge < -0.3 is 15.4 Å². The summed E-state index contributed by atoms with van der Waals surface area (Å²) in [4.78, 5) is 27.5. The molecule has 2 N–H and O–H groups in total. The number of nitrogens with zero attached hydrogens (tertiary/aromatic N) is 2. The second-order valence-electron chi connectivity index (χ2n) is 6.99. The lowest BCUT2D eigenvalue weighted by Crippen LogP contribution is -2.32. The lowest BCUT2D eigenvalue weighted by Gasteiger charge is -2.16. The number of rotatable bonds is 8. The summed E-state index contributed by atoms with van der Waals surface area (Å²) in [5.74, 6) is 0.421. The van der Waals surface area contributed by atoms with Gasteiger partial charge in [0.25, 0.3) is 0 Å². The first kappa shape index (κ1) is 20.8. The predicted octanol–water partition coefficient (Wildman–Crippen LogP) is 3.02. The molecular formula is C21H24N4O3S. The largest absolute Gasteiger partial charge is 0.497 e. The molecule has 1 heterocycles. The molecule has 7 nitrogen and oxygen atoms in total. The number of carbonyl (C=O) groups excluding carboxylic acids is 2. The molecule has 0 spiro atoms. The molecule has 3 rings (SSSR count). The van der Waals surface area contributed by atoms with E-state index >= 15 is 0 Å². The highest BCUT2D eigenvalue weighted by Crippen LogP contribution is 2.38. The van der Waals surface area contributed by atoms with Gasteiger partial charge in [0.05, 0.1) is 19.2 Å². The molecule has 0 saturated heterocycles. The Bertz CT molecular complexity index is 931.